The molecule has 2 aromatic rings. The van der Waals surface area contributed by atoms with Crippen LogP contribution in [0.4, 0.5) is 4.79 Å². The quantitative estimate of drug-likeness (QED) is 0.534. The summed E-state index contributed by atoms with van der Waals surface area (Å²) in [5, 5.41) is 14.8. The fourth-order valence-corrected chi connectivity index (χ4v) is 4.87. The number of alkyl carbamates (subject to hydrolysis) is 1. The molecule has 1 saturated carbocycles. The van der Waals surface area contributed by atoms with Gasteiger partial charge in [0, 0.05) is 24.1 Å². The van der Waals surface area contributed by atoms with Crippen molar-refractivity contribution >= 4 is 18.0 Å². The monoisotopic (exact) mass is 462 g/mol. The number of carbonyl (C=O) groups is 3. The van der Waals surface area contributed by atoms with Gasteiger partial charge in [0.2, 0.25) is 5.91 Å². The van der Waals surface area contributed by atoms with Gasteiger partial charge in [-0.15, -0.1) is 0 Å². The number of carboxylic acid groups (broad SMARTS) is 1. The van der Waals surface area contributed by atoms with Gasteiger partial charge in [0.25, 0.3) is 0 Å². The Morgan fingerprint density at radius 1 is 1.03 bits per heavy atom. The smallest absolute Gasteiger partial charge is 0.407 e. The lowest BCUT2D eigenvalue weighted by molar-refractivity contribution is -0.143. The molecule has 2 aliphatic rings. The summed E-state index contributed by atoms with van der Waals surface area (Å²) >= 11 is 0. The van der Waals surface area contributed by atoms with Gasteiger partial charge in [-0.25, -0.2) is 4.79 Å². The molecule has 0 radical (unpaired) electrons. The van der Waals surface area contributed by atoms with Gasteiger partial charge in [-0.2, -0.15) is 0 Å². The molecule has 7 nitrogen and oxygen atoms in total. The van der Waals surface area contributed by atoms with E-state index in [0.717, 1.165) is 24.0 Å². The zero-order valence-electron chi connectivity index (χ0n) is 19.3. The molecule has 2 aromatic carbocycles. The molecule has 3 N–H and O–H groups in total. The second-order valence-corrected chi connectivity index (χ2v) is 8.97. The minimum Gasteiger partial charge on any atom is -0.481 e. The van der Waals surface area contributed by atoms with Crippen LogP contribution in [0.25, 0.3) is 11.1 Å². The van der Waals surface area contributed by atoms with E-state index in [4.69, 9.17) is 4.74 Å². The number of benzene rings is 2. The van der Waals surface area contributed by atoms with Crippen LogP contribution in [0.1, 0.15) is 49.7 Å². The van der Waals surface area contributed by atoms with Gasteiger partial charge in [0.15, 0.2) is 0 Å². The van der Waals surface area contributed by atoms with E-state index in [1.54, 1.807) is 13.0 Å². The second kappa shape index (κ2) is 10.5. The Balaban J connectivity index is 1.25. The van der Waals surface area contributed by atoms with Crippen LogP contribution in [-0.2, 0) is 14.3 Å². The first-order chi connectivity index (χ1) is 16.4. The number of nitrogens with one attached hydrogen (secondary N) is 2. The largest absolute Gasteiger partial charge is 0.481 e. The molecule has 0 bridgehead atoms. The summed E-state index contributed by atoms with van der Waals surface area (Å²) in [6, 6.07) is 16.2. The average Bonchev–Trinajstić information content (AvgIpc) is 3.16. The number of ether oxygens (including phenoxy) is 1. The standard InChI is InChI=1S/C27H30N2O5/c1-17(25(30)29-19-8-6-7-18(15-19)26(31)32)13-14-28-27(33)34-16-24-22-11-4-2-9-20(22)21-10-3-5-12-23(21)24/h2-5,9-13,18-19,24H,6-8,14-16H2,1H3,(H,28,33)(H,29,30)(H,31,32)/b17-13+. The van der Waals surface area contributed by atoms with Crippen LogP contribution >= 0.6 is 0 Å². The third-order valence-corrected chi connectivity index (χ3v) is 6.72. The molecule has 4 rings (SSSR count). The van der Waals surface area contributed by atoms with E-state index in [-0.39, 0.29) is 31.0 Å². The highest BCUT2D eigenvalue weighted by atomic mass is 16.5. The molecule has 7 heteroatoms. The molecule has 34 heavy (non-hydrogen) atoms. The lowest BCUT2D eigenvalue weighted by atomic mass is 9.85. The maximum atomic E-state index is 12.4. The number of amides is 2. The van der Waals surface area contributed by atoms with E-state index in [2.05, 4.69) is 34.9 Å². The van der Waals surface area contributed by atoms with Crippen LogP contribution < -0.4 is 10.6 Å². The second-order valence-electron chi connectivity index (χ2n) is 8.97. The van der Waals surface area contributed by atoms with Crippen molar-refractivity contribution < 1.29 is 24.2 Å². The predicted molar refractivity (Wildman–Crippen MR) is 128 cm³/mol. The first kappa shape index (κ1) is 23.5. The van der Waals surface area contributed by atoms with Crippen LogP contribution in [0.2, 0.25) is 0 Å². The molecule has 0 spiro atoms. The zero-order chi connectivity index (χ0) is 24.1. The van der Waals surface area contributed by atoms with Gasteiger partial charge in [-0.1, -0.05) is 61.0 Å². The molecule has 2 unspecified atom stereocenters. The molecule has 2 aliphatic carbocycles. The van der Waals surface area contributed by atoms with Crippen LogP contribution in [-0.4, -0.2) is 42.3 Å². The van der Waals surface area contributed by atoms with Crippen LogP contribution in [0.5, 0.6) is 0 Å². The Hall–Kier alpha value is -3.61. The molecule has 0 aliphatic heterocycles. The molecule has 2 atom stereocenters. The van der Waals surface area contributed by atoms with E-state index in [1.807, 2.05) is 24.3 Å². The SMILES string of the molecule is C/C(=C\CNC(=O)OCC1c2ccccc2-c2ccccc21)C(=O)NC1CCCC(C(=O)O)C1. The maximum Gasteiger partial charge on any atom is 0.407 e. The van der Waals surface area contributed by atoms with E-state index in [0.29, 0.717) is 18.4 Å². The van der Waals surface area contributed by atoms with E-state index in [9.17, 15) is 19.5 Å². The summed E-state index contributed by atoms with van der Waals surface area (Å²) in [6.07, 6.45) is 3.76. The molecule has 0 saturated heterocycles. The molecule has 178 valence electrons. The van der Waals surface area contributed by atoms with Crippen molar-refractivity contribution in [3.8, 4) is 11.1 Å². The van der Waals surface area contributed by atoms with Crippen molar-refractivity contribution in [2.24, 2.45) is 5.92 Å². The predicted octanol–water partition coefficient (Wildman–Crippen LogP) is 4.23. The van der Waals surface area contributed by atoms with E-state index >= 15 is 0 Å². The molecule has 0 heterocycles. The van der Waals surface area contributed by atoms with E-state index in [1.165, 1.54) is 11.1 Å². The lowest BCUT2D eigenvalue weighted by Crippen LogP contribution is -2.40. The summed E-state index contributed by atoms with van der Waals surface area (Å²) in [4.78, 5) is 35.9. The maximum absolute atomic E-state index is 12.4. The Kier molecular flexibility index (Phi) is 7.30. The number of hydrogen-bond donors (Lipinski definition) is 3. The number of fused-ring (bicyclic) bond motifs is 3. The first-order valence-corrected chi connectivity index (χ1v) is 11.7. The van der Waals surface area contributed by atoms with Gasteiger partial charge >= 0.3 is 12.1 Å². The molecule has 1 fully saturated rings. The Labute approximate surface area is 199 Å². The lowest BCUT2D eigenvalue weighted by Gasteiger charge is -2.27. The van der Waals surface area contributed by atoms with Crippen molar-refractivity contribution in [3.05, 3.63) is 71.3 Å². The third-order valence-electron chi connectivity index (χ3n) is 6.72. The third kappa shape index (κ3) is 5.30. The average molecular weight is 463 g/mol. The Morgan fingerprint density at radius 2 is 1.68 bits per heavy atom. The van der Waals surface area contributed by atoms with Gasteiger partial charge in [0.05, 0.1) is 5.92 Å². The fraction of sp³-hybridized carbons (Fsp3) is 0.370. The summed E-state index contributed by atoms with van der Waals surface area (Å²) in [5.41, 5.74) is 5.11. The highest BCUT2D eigenvalue weighted by Gasteiger charge is 2.29. The van der Waals surface area contributed by atoms with Crippen molar-refractivity contribution in [1.82, 2.24) is 10.6 Å². The summed E-state index contributed by atoms with van der Waals surface area (Å²) in [6.45, 7) is 2.07. The molecular formula is C27H30N2O5. The van der Waals surface area contributed by atoms with E-state index < -0.39 is 18.0 Å². The molecule has 2 amide bonds. The van der Waals surface area contributed by atoms with Gasteiger partial charge in [-0.3, -0.25) is 9.59 Å². The number of carbonyl (C=O) groups excluding carboxylic acids is 2. The Bertz CT molecular complexity index is 1060. The Morgan fingerprint density at radius 3 is 2.32 bits per heavy atom. The van der Waals surface area contributed by atoms with Crippen molar-refractivity contribution in [3.63, 3.8) is 0 Å². The number of carboxylic acids is 1. The van der Waals surface area contributed by atoms with Gasteiger partial charge in [-0.05, 0) is 48.4 Å². The minimum atomic E-state index is -0.807. The highest BCUT2D eigenvalue weighted by molar-refractivity contribution is 5.93. The highest BCUT2D eigenvalue weighted by Crippen LogP contribution is 2.44. The fourth-order valence-electron chi connectivity index (χ4n) is 4.87. The zero-order valence-corrected chi connectivity index (χ0v) is 19.3. The number of rotatable bonds is 7. The van der Waals surface area contributed by atoms with Crippen molar-refractivity contribution in [1.29, 1.82) is 0 Å². The summed E-state index contributed by atoms with van der Waals surface area (Å²) in [5.74, 6) is -1.46. The van der Waals surface area contributed by atoms with Gasteiger partial charge < -0.3 is 20.5 Å². The number of hydrogen-bond acceptors (Lipinski definition) is 4. The first-order valence-electron chi connectivity index (χ1n) is 11.7. The van der Waals surface area contributed by atoms with Crippen molar-refractivity contribution in [2.45, 2.75) is 44.6 Å². The molecular weight excluding hydrogens is 432 g/mol. The molecule has 0 aromatic heterocycles. The van der Waals surface area contributed by atoms with Crippen LogP contribution in [0.3, 0.4) is 0 Å². The number of aliphatic carboxylic acids is 1. The van der Waals surface area contributed by atoms with Crippen LogP contribution in [0.15, 0.2) is 60.2 Å². The minimum absolute atomic E-state index is 0.00803. The summed E-state index contributed by atoms with van der Waals surface area (Å²) < 4.78 is 5.50. The van der Waals surface area contributed by atoms with Crippen LogP contribution in [0, 0.1) is 5.92 Å². The van der Waals surface area contributed by atoms with Crippen molar-refractivity contribution in [2.75, 3.05) is 13.2 Å². The van der Waals surface area contributed by atoms with Gasteiger partial charge in [0.1, 0.15) is 6.61 Å². The normalized spacial score (nSPS) is 19.6. The topological polar surface area (TPSA) is 105 Å². The summed E-state index contributed by atoms with van der Waals surface area (Å²) in [7, 11) is 0.